The topological polar surface area (TPSA) is 32.8 Å². The third-order valence-electron chi connectivity index (χ3n) is 4.80. The van der Waals surface area contributed by atoms with Crippen molar-refractivity contribution >= 4 is 17.5 Å². The second-order valence-electron chi connectivity index (χ2n) is 6.29. The number of hydrogen-bond donors (Lipinski definition) is 0. The van der Waals surface area contributed by atoms with Gasteiger partial charge in [-0.15, -0.1) is 0 Å². The van der Waals surface area contributed by atoms with Crippen LogP contribution in [0.5, 0.6) is 5.75 Å². The molecule has 1 fully saturated rings. The van der Waals surface area contributed by atoms with Crippen molar-refractivity contribution in [3.8, 4) is 5.75 Å². The van der Waals surface area contributed by atoms with Gasteiger partial charge in [-0.05, 0) is 42.8 Å². The highest BCUT2D eigenvalue weighted by Gasteiger charge is 2.25. The predicted molar refractivity (Wildman–Crippen MR) is 100 cm³/mol. The Morgan fingerprint density at radius 2 is 1.80 bits per heavy atom. The van der Waals surface area contributed by atoms with E-state index in [1.165, 1.54) is 5.56 Å². The Morgan fingerprint density at radius 1 is 1.08 bits per heavy atom. The molecule has 2 aromatic rings. The molecule has 25 heavy (non-hydrogen) atoms. The van der Waals surface area contributed by atoms with Gasteiger partial charge in [-0.25, -0.2) is 0 Å². The van der Waals surface area contributed by atoms with E-state index in [-0.39, 0.29) is 5.91 Å². The third-order valence-corrected chi connectivity index (χ3v) is 5.03. The summed E-state index contributed by atoms with van der Waals surface area (Å²) in [6.45, 7) is 5.35. The Labute approximate surface area is 154 Å². The molecule has 1 aliphatic heterocycles. The van der Waals surface area contributed by atoms with Gasteiger partial charge in [0.05, 0.1) is 7.11 Å². The molecular formula is C20H23ClN2O2. The fraction of sp³-hybridized carbons (Fsp3) is 0.350. The average molecular weight is 359 g/mol. The monoisotopic (exact) mass is 358 g/mol. The summed E-state index contributed by atoms with van der Waals surface area (Å²) in [5, 5.41) is 0.594. The van der Waals surface area contributed by atoms with Gasteiger partial charge in [0, 0.05) is 42.8 Å². The van der Waals surface area contributed by atoms with Gasteiger partial charge in [0.25, 0.3) is 5.91 Å². The zero-order chi connectivity index (χ0) is 17.8. The van der Waals surface area contributed by atoms with Crippen LogP contribution in [0.3, 0.4) is 0 Å². The van der Waals surface area contributed by atoms with Crippen molar-refractivity contribution in [2.45, 2.75) is 13.0 Å². The number of nitrogens with zero attached hydrogens (tertiary/aromatic N) is 2. The largest absolute Gasteiger partial charge is 0.497 e. The van der Waals surface area contributed by atoms with Crippen LogP contribution in [0.2, 0.25) is 5.02 Å². The molecule has 0 saturated carbocycles. The summed E-state index contributed by atoms with van der Waals surface area (Å²) in [5.74, 6) is 0.926. The normalized spacial score (nSPS) is 16.5. The lowest BCUT2D eigenvalue weighted by Gasteiger charge is -2.38. The second kappa shape index (κ2) is 7.89. The maximum absolute atomic E-state index is 12.6. The maximum Gasteiger partial charge on any atom is 0.253 e. The van der Waals surface area contributed by atoms with Crippen LogP contribution in [0.4, 0.5) is 0 Å². The minimum atomic E-state index is 0.0520. The smallest absolute Gasteiger partial charge is 0.253 e. The van der Waals surface area contributed by atoms with E-state index in [9.17, 15) is 4.79 Å². The van der Waals surface area contributed by atoms with E-state index < -0.39 is 0 Å². The molecule has 5 heteroatoms. The molecule has 0 bridgehead atoms. The number of piperazine rings is 1. The highest BCUT2D eigenvalue weighted by molar-refractivity contribution is 6.30. The molecule has 2 aromatic carbocycles. The number of benzene rings is 2. The van der Waals surface area contributed by atoms with Gasteiger partial charge < -0.3 is 9.64 Å². The first-order chi connectivity index (χ1) is 12.1. The first kappa shape index (κ1) is 17.8. The Balaban J connectivity index is 1.62. The molecule has 0 spiro atoms. The molecule has 0 unspecified atom stereocenters. The van der Waals surface area contributed by atoms with E-state index in [0.717, 1.165) is 31.9 Å². The molecule has 1 heterocycles. The minimum absolute atomic E-state index is 0.0520. The van der Waals surface area contributed by atoms with E-state index in [0.29, 0.717) is 16.6 Å². The van der Waals surface area contributed by atoms with Gasteiger partial charge in [0.1, 0.15) is 5.75 Å². The van der Waals surface area contributed by atoms with Crippen LogP contribution in [-0.2, 0) is 0 Å². The van der Waals surface area contributed by atoms with Gasteiger partial charge >= 0.3 is 0 Å². The summed E-state index contributed by atoms with van der Waals surface area (Å²) in [7, 11) is 1.68. The van der Waals surface area contributed by atoms with Crippen LogP contribution in [0.25, 0.3) is 0 Å². The van der Waals surface area contributed by atoms with E-state index >= 15 is 0 Å². The molecule has 0 N–H and O–H groups in total. The maximum atomic E-state index is 12.6. The zero-order valence-corrected chi connectivity index (χ0v) is 15.4. The summed E-state index contributed by atoms with van der Waals surface area (Å²) in [6.07, 6.45) is 0. The van der Waals surface area contributed by atoms with Crippen LogP contribution in [-0.4, -0.2) is 49.0 Å². The van der Waals surface area contributed by atoms with Gasteiger partial charge in [-0.1, -0.05) is 29.8 Å². The van der Waals surface area contributed by atoms with Crippen LogP contribution in [0.1, 0.15) is 28.9 Å². The highest BCUT2D eigenvalue weighted by Crippen LogP contribution is 2.25. The number of carbonyl (C=O) groups is 1. The second-order valence-corrected chi connectivity index (χ2v) is 6.73. The fourth-order valence-electron chi connectivity index (χ4n) is 3.23. The third kappa shape index (κ3) is 4.14. The van der Waals surface area contributed by atoms with Crippen molar-refractivity contribution in [2.24, 2.45) is 0 Å². The van der Waals surface area contributed by atoms with Crippen molar-refractivity contribution in [3.05, 3.63) is 64.7 Å². The Bertz CT molecular complexity index is 742. The quantitative estimate of drug-likeness (QED) is 0.831. The van der Waals surface area contributed by atoms with E-state index in [1.54, 1.807) is 19.2 Å². The molecule has 1 amide bonds. The van der Waals surface area contributed by atoms with Crippen molar-refractivity contribution in [3.63, 3.8) is 0 Å². The van der Waals surface area contributed by atoms with Gasteiger partial charge in [-0.3, -0.25) is 9.69 Å². The van der Waals surface area contributed by atoms with Crippen molar-refractivity contribution in [1.82, 2.24) is 9.80 Å². The van der Waals surface area contributed by atoms with Crippen LogP contribution >= 0.6 is 11.6 Å². The fourth-order valence-corrected chi connectivity index (χ4v) is 3.42. The molecule has 4 nitrogen and oxygen atoms in total. The first-order valence-electron chi connectivity index (χ1n) is 8.51. The van der Waals surface area contributed by atoms with Gasteiger partial charge in [0.15, 0.2) is 0 Å². The SMILES string of the molecule is COc1cccc([C@H](C)N2CCN(C(=O)c3cccc(Cl)c3)CC2)c1. The number of carbonyl (C=O) groups excluding carboxylic acids is 1. The number of rotatable bonds is 4. The van der Waals surface area contributed by atoms with E-state index in [1.807, 2.05) is 29.2 Å². The summed E-state index contributed by atoms with van der Waals surface area (Å²) in [6, 6.07) is 15.6. The predicted octanol–water partition coefficient (Wildman–Crippen LogP) is 3.87. The summed E-state index contributed by atoms with van der Waals surface area (Å²) >= 11 is 6.00. The standard InChI is InChI=1S/C20H23ClN2O2/c1-15(16-5-4-8-19(14-16)25-2)22-9-11-23(12-10-22)20(24)17-6-3-7-18(21)13-17/h3-8,13-15H,9-12H2,1-2H3/t15-/m0/s1. The summed E-state index contributed by atoms with van der Waals surface area (Å²) < 4.78 is 5.32. The lowest BCUT2D eigenvalue weighted by molar-refractivity contribution is 0.0582. The van der Waals surface area contributed by atoms with Gasteiger partial charge in [0.2, 0.25) is 0 Å². The lowest BCUT2D eigenvalue weighted by atomic mass is 10.1. The number of hydrogen-bond acceptors (Lipinski definition) is 3. The first-order valence-corrected chi connectivity index (χ1v) is 8.89. The molecule has 0 aromatic heterocycles. The molecule has 1 aliphatic rings. The molecule has 3 rings (SSSR count). The van der Waals surface area contributed by atoms with E-state index in [4.69, 9.17) is 16.3 Å². The van der Waals surface area contributed by atoms with Gasteiger partial charge in [-0.2, -0.15) is 0 Å². The number of ether oxygens (including phenoxy) is 1. The Morgan fingerprint density at radius 3 is 2.48 bits per heavy atom. The Hall–Kier alpha value is -2.04. The number of methoxy groups -OCH3 is 1. The van der Waals surface area contributed by atoms with Crippen LogP contribution < -0.4 is 4.74 Å². The minimum Gasteiger partial charge on any atom is -0.497 e. The lowest BCUT2D eigenvalue weighted by Crippen LogP contribution is -2.49. The highest BCUT2D eigenvalue weighted by atomic mass is 35.5. The van der Waals surface area contributed by atoms with Crippen LogP contribution in [0.15, 0.2) is 48.5 Å². The number of halogens is 1. The van der Waals surface area contributed by atoms with Crippen LogP contribution in [0, 0.1) is 0 Å². The molecule has 132 valence electrons. The molecule has 0 aliphatic carbocycles. The molecular weight excluding hydrogens is 336 g/mol. The zero-order valence-electron chi connectivity index (χ0n) is 14.6. The van der Waals surface area contributed by atoms with Crippen molar-refractivity contribution in [1.29, 1.82) is 0 Å². The Kier molecular flexibility index (Phi) is 5.61. The van der Waals surface area contributed by atoms with Crippen molar-refractivity contribution in [2.75, 3.05) is 33.3 Å². The van der Waals surface area contributed by atoms with Crippen molar-refractivity contribution < 1.29 is 9.53 Å². The summed E-state index contributed by atoms with van der Waals surface area (Å²) in [5.41, 5.74) is 1.88. The summed E-state index contributed by atoms with van der Waals surface area (Å²) in [4.78, 5) is 16.9. The molecule has 1 saturated heterocycles. The van der Waals surface area contributed by atoms with E-state index in [2.05, 4.69) is 24.0 Å². The number of amides is 1. The molecule has 0 radical (unpaired) electrons. The average Bonchev–Trinajstić information content (AvgIpc) is 2.67. The molecule has 1 atom stereocenters.